The summed E-state index contributed by atoms with van der Waals surface area (Å²) in [5, 5.41) is 7.02. The largest absolute Gasteiger partial charge is 0.318 e. The lowest BCUT2D eigenvalue weighted by Crippen LogP contribution is -2.23. The van der Waals surface area contributed by atoms with Crippen molar-refractivity contribution >= 4 is 22.9 Å². The van der Waals surface area contributed by atoms with Gasteiger partial charge in [-0.15, -0.1) is 11.3 Å². The molecule has 0 radical (unpaired) electrons. The van der Waals surface area contributed by atoms with E-state index in [0.29, 0.717) is 5.02 Å². The summed E-state index contributed by atoms with van der Waals surface area (Å²) in [6.07, 6.45) is 1.68. The number of hydrogen-bond acceptors (Lipinski definition) is 4. The normalized spacial score (nSPS) is 13.2. The lowest BCUT2D eigenvalue weighted by Gasteiger charge is -2.16. The Morgan fingerprint density at radius 3 is 2.84 bits per heavy atom. The van der Waals surface area contributed by atoms with Gasteiger partial charge in [-0.25, -0.2) is 0 Å². The summed E-state index contributed by atoms with van der Waals surface area (Å²) in [5.74, 6) is 0. The monoisotopic (exact) mass is 298 g/mol. The van der Waals surface area contributed by atoms with Gasteiger partial charge in [-0.3, -0.25) is 4.68 Å². The summed E-state index contributed by atoms with van der Waals surface area (Å²) in [5.41, 5.74) is 8.47. The van der Waals surface area contributed by atoms with Gasteiger partial charge in [-0.2, -0.15) is 5.10 Å². The molecule has 0 spiro atoms. The number of nitrogens with zero attached hydrogens (tertiary/aromatic N) is 3. The maximum atomic E-state index is 6.37. The molecule has 19 heavy (non-hydrogen) atoms. The maximum absolute atomic E-state index is 6.37. The number of aryl methyl sites for hydroxylation is 1. The number of nitrogens with two attached hydrogens (primary N) is 1. The van der Waals surface area contributed by atoms with Crippen LogP contribution >= 0.6 is 22.9 Å². The number of likely N-dealkylation sites (N-methyl/N-ethyl adjacent to an activating group) is 1. The molecule has 1 atom stereocenters. The summed E-state index contributed by atoms with van der Waals surface area (Å²) >= 11 is 7.91. The molecule has 2 aromatic heterocycles. The van der Waals surface area contributed by atoms with Crippen LogP contribution in [0.3, 0.4) is 0 Å². The van der Waals surface area contributed by atoms with Crippen LogP contribution in [-0.2, 0) is 6.54 Å². The molecule has 0 saturated heterocycles. The van der Waals surface area contributed by atoms with E-state index in [1.54, 1.807) is 17.5 Å². The molecule has 0 saturated carbocycles. The van der Waals surface area contributed by atoms with Gasteiger partial charge < -0.3 is 10.6 Å². The predicted octanol–water partition coefficient (Wildman–Crippen LogP) is 2.52. The molecular formula is C13H19ClN4S. The zero-order valence-corrected chi connectivity index (χ0v) is 13.0. The molecular weight excluding hydrogens is 280 g/mol. The van der Waals surface area contributed by atoms with Crippen LogP contribution in [0.5, 0.6) is 0 Å². The average molecular weight is 299 g/mol. The van der Waals surface area contributed by atoms with Crippen molar-refractivity contribution in [3.05, 3.63) is 38.8 Å². The van der Waals surface area contributed by atoms with Crippen LogP contribution in [0.2, 0.25) is 5.02 Å². The van der Waals surface area contributed by atoms with Crippen molar-refractivity contribution in [1.82, 2.24) is 14.7 Å². The highest BCUT2D eigenvalue weighted by molar-refractivity contribution is 7.10. The molecule has 0 amide bonds. The van der Waals surface area contributed by atoms with E-state index >= 15 is 0 Å². The first-order valence-corrected chi connectivity index (χ1v) is 7.42. The van der Waals surface area contributed by atoms with Crippen LogP contribution in [0.15, 0.2) is 17.6 Å². The molecule has 2 rings (SSSR count). The Labute approximate surface area is 122 Å². The van der Waals surface area contributed by atoms with Gasteiger partial charge in [-0.05, 0) is 38.0 Å². The van der Waals surface area contributed by atoms with Crippen molar-refractivity contribution in [2.75, 3.05) is 20.6 Å². The molecule has 0 bridgehead atoms. The first-order chi connectivity index (χ1) is 9.00. The Morgan fingerprint density at radius 2 is 2.26 bits per heavy atom. The van der Waals surface area contributed by atoms with Crippen molar-refractivity contribution < 1.29 is 0 Å². The molecule has 0 aliphatic heterocycles. The number of thiophene rings is 1. The molecule has 2 heterocycles. The maximum Gasteiger partial charge on any atom is 0.0838 e. The van der Waals surface area contributed by atoms with Crippen LogP contribution in [-0.4, -0.2) is 35.3 Å². The molecule has 104 valence electrons. The fraction of sp³-hybridized carbons (Fsp3) is 0.462. The van der Waals surface area contributed by atoms with Crippen LogP contribution in [0.4, 0.5) is 0 Å². The minimum absolute atomic E-state index is 0.211. The van der Waals surface area contributed by atoms with E-state index in [0.717, 1.165) is 23.7 Å². The number of hydrogen-bond donors (Lipinski definition) is 1. The van der Waals surface area contributed by atoms with E-state index in [1.165, 1.54) is 5.56 Å². The number of rotatable bonds is 5. The van der Waals surface area contributed by atoms with Crippen LogP contribution in [0.1, 0.15) is 22.2 Å². The first-order valence-electron chi connectivity index (χ1n) is 6.16. The Balaban J connectivity index is 2.28. The number of aromatic nitrogens is 2. The first kappa shape index (κ1) is 14.5. The van der Waals surface area contributed by atoms with E-state index in [9.17, 15) is 0 Å². The SMILES string of the molecule is Cc1ccsc1C(N)c1c(Cl)cnn1CCN(C)C. The average Bonchev–Trinajstić information content (AvgIpc) is 2.92. The lowest BCUT2D eigenvalue weighted by molar-refractivity contribution is 0.368. The second-order valence-corrected chi connectivity index (χ2v) is 6.20. The van der Waals surface area contributed by atoms with Gasteiger partial charge >= 0.3 is 0 Å². The second kappa shape index (κ2) is 6.05. The van der Waals surface area contributed by atoms with E-state index in [-0.39, 0.29) is 6.04 Å². The summed E-state index contributed by atoms with van der Waals surface area (Å²) in [7, 11) is 4.07. The third kappa shape index (κ3) is 3.17. The zero-order valence-electron chi connectivity index (χ0n) is 11.4. The summed E-state index contributed by atoms with van der Waals surface area (Å²) in [6.45, 7) is 3.76. The molecule has 4 nitrogen and oxygen atoms in total. The minimum Gasteiger partial charge on any atom is -0.318 e. The topological polar surface area (TPSA) is 47.1 Å². The van der Waals surface area contributed by atoms with Gasteiger partial charge in [0.15, 0.2) is 0 Å². The minimum atomic E-state index is -0.211. The van der Waals surface area contributed by atoms with Crippen molar-refractivity contribution in [3.8, 4) is 0 Å². The predicted molar refractivity (Wildman–Crippen MR) is 80.9 cm³/mol. The number of halogens is 1. The highest BCUT2D eigenvalue weighted by atomic mass is 35.5. The fourth-order valence-corrected chi connectivity index (χ4v) is 3.17. The van der Waals surface area contributed by atoms with Crippen LogP contribution in [0, 0.1) is 6.92 Å². The highest BCUT2D eigenvalue weighted by Gasteiger charge is 2.20. The quantitative estimate of drug-likeness (QED) is 0.922. The van der Waals surface area contributed by atoms with Gasteiger partial charge in [0.05, 0.1) is 29.5 Å². The fourth-order valence-electron chi connectivity index (χ4n) is 1.98. The van der Waals surface area contributed by atoms with Gasteiger partial charge in [0.25, 0.3) is 0 Å². The van der Waals surface area contributed by atoms with Gasteiger partial charge in [0.2, 0.25) is 0 Å². The molecule has 2 N–H and O–H groups in total. The van der Waals surface area contributed by atoms with Crippen molar-refractivity contribution in [2.45, 2.75) is 19.5 Å². The van der Waals surface area contributed by atoms with E-state index in [1.807, 2.05) is 18.8 Å². The van der Waals surface area contributed by atoms with E-state index in [2.05, 4.69) is 28.4 Å². The Bertz CT molecular complexity index is 547. The van der Waals surface area contributed by atoms with Gasteiger partial charge in [0.1, 0.15) is 0 Å². The van der Waals surface area contributed by atoms with Gasteiger partial charge in [-0.1, -0.05) is 11.6 Å². The molecule has 0 aromatic carbocycles. The van der Waals surface area contributed by atoms with Gasteiger partial charge in [0, 0.05) is 11.4 Å². The Hall–Kier alpha value is -0.880. The Kier molecular flexibility index (Phi) is 4.62. The molecule has 0 aliphatic carbocycles. The summed E-state index contributed by atoms with van der Waals surface area (Å²) in [4.78, 5) is 3.26. The molecule has 6 heteroatoms. The van der Waals surface area contributed by atoms with E-state index < -0.39 is 0 Å². The van der Waals surface area contributed by atoms with Crippen LogP contribution < -0.4 is 5.73 Å². The third-order valence-electron chi connectivity index (χ3n) is 3.07. The Morgan fingerprint density at radius 1 is 1.53 bits per heavy atom. The third-order valence-corrected chi connectivity index (χ3v) is 4.46. The summed E-state index contributed by atoms with van der Waals surface area (Å²) in [6, 6.07) is 1.87. The lowest BCUT2D eigenvalue weighted by atomic mass is 10.1. The van der Waals surface area contributed by atoms with Crippen molar-refractivity contribution in [2.24, 2.45) is 5.73 Å². The molecule has 1 unspecified atom stereocenters. The molecule has 0 fully saturated rings. The van der Waals surface area contributed by atoms with Crippen molar-refractivity contribution in [1.29, 1.82) is 0 Å². The smallest absolute Gasteiger partial charge is 0.0838 e. The summed E-state index contributed by atoms with van der Waals surface area (Å²) < 4.78 is 1.91. The van der Waals surface area contributed by atoms with Crippen molar-refractivity contribution in [3.63, 3.8) is 0 Å². The standard InChI is InChI=1S/C13H19ClN4S/c1-9-4-7-19-13(9)11(15)12-10(14)8-16-18(12)6-5-17(2)3/h4,7-8,11H,5-6,15H2,1-3H3. The zero-order chi connectivity index (χ0) is 14.0. The van der Waals surface area contributed by atoms with E-state index in [4.69, 9.17) is 17.3 Å². The highest BCUT2D eigenvalue weighted by Crippen LogP contribution is 2.31. The van der Waals surface area contributed by atoms with Crippen LogP contribution in [0.25, 0.3) is 0 Å². The molecule has 0 aliphatic rings. The molecule has 2 aromatic rings. The second-order valence-electron chi connectivity index (χ2n) is 4.85.